The van der Waals surface area contributed by atoms with Crippen LogP contribution in [0.5, 0.6) is 5.75 Å². The van der Waals surface area contributed by atoms with E-state index in [1.807, 2.05) is 36.4 Å². The van der Waals surface area contributed by atoms with Crippen LogP contribution in [0.3, 0.4) is 0 Å². The summed E-state index contributed by atoms with van der Waals surface area (Å²) in [6.45, 7) is 7.04. The molecule has 2 aliphatic rings. The molecule has 0 bridgehead atoms. The molecule has 0 saturated carbocycles. The molecule has 3 aromatic rings. The molecule has 29 heavy (non-hydrogen) atoms. The van der Waals surface area contributed by atoms with Crippen molar-refractivity contribution in [2.45, 2.75) is 26.9 Å². The molecule has 148 valence electrons. The number of rotatable bonds is 2. The van der Waals surface area contributed by atoms with Crippen LogP contribution in [0.4, 0.5) is 5.95 Å². The van der Waals surface area contributed by atoms with Gasteiger partial charge in [-0.3, -0.25) is 0 Å². The highest BCUT2D eigenvalue weighted by Crippen LogP contribution is 2.41. The van der Waals surface area contributed by atoms with Gasteiger partial charge in [0.1, 0.15) is 12.4 Å². The Balaban J connectivity index is 1.71. The van der Waals surface area contributed by atoms with E-state index >= 15 is 0 Å². The van der Waals surface area contributed by atoms with Gasteiger partial charge in [-0.05, 0) is 42.5 Å². The average Bonchev–Trinajstić information content (AvgIpc) is 2.72. The summed E-state index contributed by atoms with van der Waals surface area (Å²) >= 11 is 6.30. The molecule has 2 atom stereocenters. The number of benzene rings is 2. The summed E-state index contributed by atoms with van der Waals surface area (Å²) in [5, 5.41) is 0.703. The summed E-state index contributed by atoms with van der Waals surface area (Å²) < 4.78 is 6.04. The van der Waals surface area contributed by atoms with Crippen molar-refractivity contribution < 1.29 is 4.74 Å². The van der Waals surface area contributed by atoms with Crippen LogP contribution in [0.25, 0.3) is 22.5 Å². The lowest BCUT2D eigenvalue weighted by molar-refractivity contribution is 0.301. The number of halogens is 1. The van der Waals surface area contributed by atoms with E-state index in [-0.39, 0.29) is 0 Å². The van der Waals surface area contributed by atoms with Gasteiger partial charge in [-0.25, -0.2) is 9.97 Å². The Hall–Kier alpha value is -2.59. The quantitative estimate of drug-likeness (QED) is 0.537. The van der Waals surface area contributed by atoms with E-state index in [1.165, 1.54) is 6.42 Å². The van der Waals surface area contributed by atoms with Gasteiger partial charge in [0.25, 0.3) is 0 Å². The zero-order valence-corrected chi connectivity index (χ0v) is 17.5. The molecule has 5 rings (SSSR count). The first kappa shape index (κ1) is 18.4. The van der Waals surface area contributed by atoms with Gasteiger partial charge in [0.05, 0.1) is 11.4 Å². The summed E-state index contributed by atoms with van der Waals surface area (Å²) in [6, 6.07) is 16.0. The van der Waals surface area contributed by atoms with E-state index in [9.17, 15) is 0 Å². The van der Waals surface area contributed by atoms with Crippen molar-refractivity contribution in [2.24, 2.45) is 11.8 Å². The lowest BCUT2D eigenvalue weighted by atomic mass is 9.92. The second kappa shape index (κ2) is 7.34. The van der Waals surface area contributed by atoms with Crippen molar-refractivity contribution in [2.75, 3.05) is 18.0 Å². The van der Waals surface area contributed by atoms with E-state index < -0.39 is 0 Å². The molecular formula is C24H24ClN3O. The third-order valence-electron chi connectivity index (χ3n) is 5.76. The molecule has 3 heterocycles. The van der Waals surface area contributed by atoms with Crippen LogP contribution in [0.15, 0.2) is 48.5 Å². The summed E-state index contributed by atoms with van der Waals surface area (Å²) in [4.78, 5) is 12.4. The minimum absolute atomic E-state index is 0.460. The Labute approximate surface area is 176 Å². The fourth-order valence-corrected chi connectivity index (χ4v) is 4.80. The fraction of sp³-hybridized carbons (Fsp3) is 0.333. The second-order valence-electron chi connectivity index (χ2n) is 8.35. The van der Waals surface area contributed by atoms with Gasteiger partial charge in [0.2, 0.25) is 5.95 Å². The van der Waals surface area contributed by atoms with Crippen molar-refractivity contribution >= 4 is 17.5 Å². The van der Waals surface area contributed by atoms with Gasteiger partial charge in [0.15, 0.2) is 0 Å². The molecular weight excluding hydrogens is 382 g/mol. The third kappa shape index (κ3) is 3.46. The van der Waals surface area contributed by atoms with Crippen molar-refractivity contribution in [3.05, 3.63) is 59.1 Å². The predicted molar refractivity (Wildman–Crippen MR) is 117 cm³/mol. The number of hydrogen-bond acceptors (Lipinski definition) is 4. The van der Waals surface area contributed by atoms with Crippen molar-refractivity contribution in [3.63, 3.8) is 0 Å². The van der Waals surface area contributed by atoms with Gasteiger partial charge in [-0.15, -0.1) is 0 Å². The van der Waals surface area contributed by atoms with E-state index in [2.05, 4.69) is 30.9 Å². The second-order valence-corrected chi connectivity index (χ2v) is 8.78. The third-order valence-corrected chi connectivity index (χ3v) is 5.99. The molecule has 0 N–H and O–H groups in total. The Bertz CT molecular complexity index is 1060. The Morgan fingerprint density at radius 3 is 2.52 bits per heavy atom. The maximum Gasteiger partial charge on any atom is 0.226 e. The Morgan fingerprint density at radius 1 is 0.966 bits per heavy atom. The summed E-state index contributed by atoms with van der Waals surface area (Å²) in [5.41, 5.74) is 4.93. The monoisotopic (exact) mass is 405 g/mol. The molecule has 0 aliphatic carbocycles. The molecule has 0 amide bonds. The van der Waals surface area contributed by atoms with Crippen molar-refractivity contribution in [3.8, 4) is 28.3 Å². The van der Waals surface area contributed by atoms with Crippen LogP contribution in [-0.4, -0.2) is 23.1 Å². The van der Waals surface area contributed by atoms with Crippen molar-refractivity contribution in [1.29, 1.82) is 0 Å². The molecule has 1 fully saturated rings. The molecule has 0 radical (unpaired) electrons. The SMILES string of the molecule is C[C@H]1C[C@H](C)CN(c2nc(-c3cccc(Cl)c3)c3c(n2)-c2ccccc2OC3)C1. The minimum Gasteiger partial charge on any atom is -0.488 e. The number of ether oxygens (including phenoxy) is 1. The first-order valence-corrected chi connectivity index (χ1v) is 10.6. The van der Waals surface area contributed by atoms with Gasteiger partial charge >= 0.3 is 0 Å². The molecule has 1 saturated heterocycles. The number of aromatic nitrogens is 2. The van der Waals surface area contributed by atoms with Crippen LogP contribution in [0, 0.1) is 11.8 Å². The van der Waals surface area contributed by atoms with Crippen LogP contribution >= 0.6 is 11.6 Å². The number of piperidine rings is 1. The number of para-hydroxylation sites is 1. The van der Waals surface area contributed by atoms with Gasteiger partial charge in [-0.2, -0.15) is 0 Å². The summed E-state index contributed by atoms with van der Waals surface area (Å²) in [6.07, 6.45) is 1.25. The van der Waals surface area contributed by atoms with E-state index in [0.29, 0.717) is 23.5 Å². The Morgan fingerprint density at radius 2 is 1.72 bits per heavy atom. The highest BCUT2D eigenvalue weighted by Gasteiger charge is 2.28. The molecule has 0 spiro atoms. The summed E-state index contributed by atoms with van der Waals surface area (Å²) in [7, 11) is 0. The van der Waals surface area contributed by atoms with Gasteiger partial charge in [0, 0.05) is 34.8 Å². The largest absolute Gasteiger partial charge is 0.488 e. The lowest BCUT2D eigenvalue weighted by Gasteiger charge is -2.36. The van der Waals surface area contributed by atoms with Gasteiger partial charge in [-0.1, -0.05) is 49.7 Å². The minimum atomic E-state index is 0.460. The van der Waals surface area contributed by atoms with Gasteiger partial charge < -0.3 is 9.64 Å². The highest BCUT2D eigenvalue weighted by atomic mass is 35.5. The molecule has 5 heteroatoms. The molecule has 1 aromatic heterocycles. The maximum absolute atomic E-state index is 6.30. The standard InChI is InChI=1S/C24H24ClN3O/c1-15-10-16(2)13-28(12-15)24-26-22(17-6-5-7-18(25)11-17)20-14-29-21-9-4-3-8-19(21)23(20)27-24/h3-9,11,15-16H,10,12-14H2,1-2H3/t15-,16-/m0/s1. The number of hydrogen-bond donors (Lipinski definition) is 0. The molecule has 0 unspecified atom stereocenters. The fourth-order valence-electron chi connectivity index (χ4n) is 4.61. The number of nitrogens with zero attached hydrogens (tertiary/aromatic N) is 3. The molecule has 2 aliphatic heterocycles. The van der Waals surface area contributed by atoms with E-state index in [1.54, 1.807) is 0 Å². The van der Waals surface area contributed by atoms with E-state index in [4.69, 9.17) is 26.3 Å². The maximum atomic E-state index is 6.30. The average molecular weight is 406 g/mol. The van der Waals surface area contributed by atoms with Crippen LogP contribution in [0.2, 0.25) is 5.02 Å². The van der Waals surface area contributed by atoms with Crippen molar-refractivity contribution in [1.82, 2.24) is 9.97 Å². The smallest absolute Gasteiger partial charge is 0.226 e. The van der Waals surface area contributed by atoms with Crippen LogP contribution in [0.1, 0.15) is 25.8 Å². The molecule has 2 aromatic carbocycles. The van der Waals surface area contributed by atoms with Crippen LogP contribution < -0.4 is 9.64 Å². The first-order chi connectivity index (χ1) is 14.1. The summed E-state index contributed by atoms with van der Waals surface area (Å²) in [5.74, 6) is 2.93. The zero-order chi connectivity index (χ0) is 20.0. The topological polar surface area (TPSA) is 38.2 Å². The van der Waals surface area contributed by atoms with E-state index in [0.717, 1.165) is 52.9 Å². The molecule has 4 nitrogen and oxygen atoms in total. The Kier molecular flexibility index (Phi) is 4.67. The number of fused-ring (bicyclic) bond motifs is 3. The normalized spacial score (nSPS) is 20.6. The van der Waals surface area contributed by atoms with Crippen LogP contribution in [-0.2, 0) is 6.61 Å². The first-order valence-electron chi connectivity index (χ1n) is 10.2. The number of anilines is 1. The zero-order valence-electron chi connectivity index (χ0n) is 16.7. The lowest BCUT2D eigenvalue weighted by Crippen LogP contribution is -2.40. The predicted octanol–water partition coefficient (Wildman–Crippen LogP) is 5.84. The highest BCUT2D eigenvalue weighted by molar-refractivity contribution is 6.30.